The van der Waals surface area contributed by atoms with Gasteiger partial charge in [-0.25, -0.2) is 9.97 Å². The molecule has 0 atom stereocenters. The van der Waals surface area contributed by atoms with Crippen molar-refractivity contribution in [1.82, 2.24) is 9.97 Å². The van der Waals surface area contributed by atoms with Crippen molar-refractivity contribution >= 4 is 34.7 Å². The number of aromatic nitrogens is 2. The minimum absolute atomic E-state index is 0.201. The molecule has 3 aromatic rings. The molecule has 0 spiro atoms. The molecule has 0 unspecified atom stereocenters. The number of amides is 1. The van der Waals surface area contributed by atoms with Gasteiger partial charge in [0, 0.05) is 17.3 Å². The Balaban J connectivity index is 1.80. The Hall–Kier alpha value is -3.12. The number of methoxy groups -OCH3 is 1. The summed E-state index contributed by atoms with van der Waals surface area (Å²) in [6, 6.07) is 13.0. The van der Waals surface area contributed by atoms with E-state index in [1.165, 1.54) is 12.4 Å². The first kappa shape index (κ1) is 19.6. The monoisotopic (exact) mass is 396 g/mol. The van der Waals surface area contributed by atoms with E-state index in [9.17, 15) is 4.79 Å². The number of ether oxygens (including phenoxy) is 1. The van der Waals surface area contributed by atoms with E-state index in [4.69, 9.17) is 16.3 Å². The molecule has 0 bridgehead atoms. The molecular weight excluding hydrogens is 376 g/mol. The van der Waals surface area contributed by atoms with Crippen molar-refractivity contribution in [2.45, 2.75) is 13.8 Å². The van der Waals surface area contributed by atoms with Crippen molar-refractivity contribution < 1.29 is 9.53 Å². The fraction of sp³-hybridized carbons (Fsp3) is 0.190. The van der Waals surface area contributed by atoms with E-state index in [1.807, 2.05) is 38.1 Å². The maximum Gasteiger partial charge on any atom is 0.278 e. The van der Waals surface area contributed by atoms with Crippen molar-refractivity contribution in [2.24, 2.45) is 0 Å². The molecule has 144 valence electrons. The standard InChI is InChI=1S/C21H21ClN4O2/c1-4-26(16-7-5-6-14(2)10-16)21(27)18-12-24-20(13-23-18)25-17-11-15(22)8-9-19(17)28-3/h5-13H,4H2,1-3H3,(H,24,25). The predicted octanol–water partition coefficient (Wildman–Crippen LogP) is 4.86. The van der Waals surface area contributed by atoms with Crippen LogP contribution in [0.1, 0.15) is 23.0 Å². The van der Waals surface area contributed by atoms with Crippen molar-refractivity contribution in [1.29, 1.82) is 0 Å². The number of nitrogens with one attached hydrogen (secondary N) is 1. The van der Waals surface area contributed by atoms with Crippen molar-refractivity contribution in [3.05, 3.63) is 71.1 Å². The number of benzene rings is 2. The molecule has 2 aromatic carbocycles. The molecule has 1 heterocycles. The Morgan fingerprint density at radius 1 is 1.18 bits per heavy atom. The molecule has 1 aromatic heterocycles. The molecule has 0 fully saturated rings. The third kappa shape index (κ3) is 4.40. The molecule has 0 radical (unpaired) electrons. The van der Waals surface area contributed by atoms with Crippen LogP contribution in [0.15, 0.2) is 54.9 Å². The number of hydrogen-bond donors (Lipinski definition) is 1. The van der Waals surface area contributed by atoms with Crippen LogP contribution in [0.2, 0.25) is 5.02 Å². The van der Waals surface area contributed by atoms with Crippen molar-refractivity contribution in [3.63, 3.8) is 0 Å². The molecule has 6 nitrogen and oxygen atoms in total. The highest BCUT2D eigenvalue weighted by Gasteiger charge is 2.18. The third-order valence-electron chi connectivity index (χ3n) is 4.17. The van der Waals surface area contributed by atoms with Gasteiger partial charge in [0.1, 0.15) is 17.3 Å². The van der Waals surface area contributed by atoms with Gasteiger partial charge >= 0.3 is 0 Å². The Morgan fingerprint density at radius 3 is 2.64 bits per heavy atom. The van der Waals surface area contributed by atoms with Gasteiger partial charge in [-0.3, -0.25) is 4.79 Å². The molecule has 0 aliphatic heterocycles. The molecule has 7 heteroatoms. The number of hydrogen-bond acceptors (Lipinski definition) is 5. The van der Waals surface area contributed by atoms with Gasteiger partial charge < -0.3 is 15.0 Å². The molecule has 0 saturated carbocycles. The zero-order valence-electron chi connectivity index (χ0n) is 15.9. The number of halogens is 1. The van der Waals surface area contributed by atoms with Crippen LogP contribution >= 0.6 is 11.6 Å². The van der Waals surface area contributed by atoms with E-state index in [0.29, 0.717) is 28.8 Å². The summed E-state index contributed by atoms with van der Waals surface area (Å²) in [6.45, 7) is 4.45. The zero-order chi connectivity index (χ0) is 20.1. The molecular formula is C21H21ClN4O2. The van der Waals surface area contributed by atoms with Gasteiger partial charge in [-0.1, -0.05) is 23.7 Å². The number of aryl methyl sites for hydroxylation is 1. The third-order valence-corrected chi connectivity index (χ3v) is 4.41. The summed E-state index contributed by atoms with van der Waals surface area (Å²) in [7, 11) is 1.58. The van der Waals surface area contributed by atoms with Crippen LogP contribution in [0.3, 0.4) is 0 Å². The van der Waals surface area contributed by atoms with Crippen LogP contribution in [0.4, 0.5) is 17.2 Å². The highest BCUT2D eigenvalue weighted by molar-refractivity contribution is 6.31. The Bertz CT molecular complexity index is 976. The average molecular weight is 397 g/mol. The fourth-order valence-electron chi connectivity index (χ4n) is 2.80. The summed E-state index contributed by atoms with van der Waals surface area (Å²) in [5, 5.41) is 3.67. The Morgan fingerprint density at radius 2 is 2.00 bits per heavy atom. The smallest absolute Gasteiger partial charge is 0.278 e. The Kier molecular flexibility index (Phi) is 6.11. The first-order chi connectivity index (χ1) is 13.5. The average Bonchev–Trinajstić information content (AvgIpc) is 2.69. The molecule has 28 heavy (non-hydrogen) atoms. The van der Waals surface area contributed by atoms with Crippen LogP contribution in [0, 0.1) is 6.92 Å². The normalized spacial score (nSPS) is 10.4. The predicted molar refractivity (Wildman–Crippen MR) is 112 cm³/mol. The van der Waals surface area contributed by atoms with Crippen LogP contribution < -0.4 is 15.0 Å². The second-order valence-electron chi connectivity index (χ2n) is 6.14. The van der Waals surface area contributed by atoms with E-state index >= 15 is 0 Å². The number of anilines is 3. The van der Waals surface area contributed by atoms with Gasteiger partial charge in [0.25, 0.3) is 5.91 Å². The highest BCUT2D eigenvalue weighted by atomic mass is 35.5. The largest absolute Gasteiger partial charge is 0.495 e. The second kappa shape index (κ2) is 8.71. The summed E-state index contributed by atoms with van der Waals surface area (Å²) in [5.41, 5.74) is 2.86. The lowest BCUT2D eigenvalue weighted by atomic mass is 10.2. The molecule has 1 amide bonds. The summed E-state index contributed by atoms with van der Waals surface area (Å²) in [4.78, 5) is 23.1. The van der Waals surface area contributed by atoms with Crippen LogP contribution in [0.25, 0.3) is 0 Å². The van der Waals surface area contributed by atoms with Crippen molar-refractivity contribution in [3.8, 4) is 5.75 Å². The minimum Gasteiger partial charge on any atom is -0.495 e. The lowest BCUT2D eigenvalue weighted by Crippen LogP contribution is -2.31. The van der Waals surface area contributed by atoms with Gasteiger partial charge in [-0.15, -0.1) is 0 Å². The number of rotatable bonds is 6. The number of carbonyl (C=O) groups is 1. The first-order valence-corrected chi connectivity index (χ1v) is 9.20. The number of carbonyl (C=O) groups excluding carboxylic acids is 1. The minimum atomic E-state index is -0.201. The van der Waals surface area contributed by atoms with Crippen LogP contribution in [-0.2, 0) is 0 Å². The highest BCUT2D eigenvalue weighted by Crippen LogP contribution is 2.29. The number of nitrogens with zero attached hydrogens (tertiary/aromatic N) is 3. The lowest BCUT2D eigenvalue weighted by molar-refractivity contribution is 0.0983. The fourth-order valence-corrected chi connectivity index (χ4v) is 2.97. The van der Waals surface area contributed by atoms with E-state index in [2.05, 4.69) is 15.3 Å². The van der Waals surface area contributed by atoms with Gasteiger partial charge in [-0.2, -0.15) is 0 Å². The van der Waals surface area contributed by atoms with Gasteiger partial charge in [-0.05, 0) is 49.7 Å². The van der Waals surface area contributed by atoms with Crippen LogP contribution in [0.5, 0.6) is 5.75 Å². The SMILES string of the molecule is CCN(C(=O)c1cnc(Nc2cc(Cl)ccc2OC)cn1)c1cccc(C)c1. The van der Waals surface area contributed by atoms with E-state index in [-0.39, 0.29) is 11.6 Å². The molecule has 0 saturated heterocycles. The van der Waals surface area contributed by atoms with Crippen LogP contribution in [-0.4, -0.2) is 29.5 Å². The molecule has 1 N–H and O–H groups in total. The van der Waals surface area contributed by atoms with E-state index in [1.54, 1.807) is 30.2 Å². The van der Waals surface area contributed by atoms with Gasteiger partial charge in [0.2, 0.25) is 0 Å². The van der Waals surface area contributed by atoms with Gasteiger partial charge in [0.05, 0.1) is 25.2 Å². The molecule has 3 rings (SSSR count). The first-order valence-electron chi connectivity index (χ1n) is 8.83. The molecule has 0 aliphatic carbocycles. The van der Waals surface area contributed by atoms with Crippen molar-refractivity contribution in [2.75, 3.05) is 23.9 Å². The topological polar surface area (TPSA) is 67.4 Å². The maximum atomic E-state index is 12.9. The Labute approximate surface area is 169 Å². The van der Waals surface area contributed by atoms with Gasteiger partial charge in [0.15, 0.2) is 0 Å². The zero-order valence-corrected chi connectivity index (χ0v) is 16.7. The summed E-state index contributed by atoms with van der Waals surface area (Å²) >= 11 is 6.05. The lowest BCUT2D eigenvalue weighted by Gasteiger charge is -2.21. The molecule has 0 aliphatic rings. The second-order valence-corrected chi connectivity index (χ2v) is 6.58. The van der Waals surface area contributed by atoms with E-state index in [0.717, 1.165) is 11.3 Å². The maximum absolute atomic E-state index is 12.9. The van der Waals surface area contributed by atoms with E-state index < -0.39 is 0 Å². The summed E-state index contributed by atoms with van der Waals surface area (Å²) in [6.07, 6.45) is 2.97. The summed E-state index contributed by atoms with van der Waals surface area (Å²) in [5.74, 6) is 0.908. The quantitative estimate of drug-likeness (QED) is 0.644. The summed E-state index contributed by atoms with van der Waals surface area (Å²) < 4.78 is 5.31.